The SMILES string of the molecule is O=C(c1ccc(F)cc1Cl)N(CCO)C1CCC1. The number of nitrogens with zero attached hydrogens (tertiary/aromatic N) is 1. The molecular weight excluding hydrogens is 257 g/mol. The first kappa shape index (κ1) is 13.3. The third-order valence-corrected chi connectivity index (χ3v) is 3.59. The standard InChI is InChI=1S/C13H15ClFNO2/c14-12-8-9(15)4-5-11(12)13(18)16(6-7-17)10-2-1-3-10/h4-5,8,10,17H,1-3,6-7H2. The molecule has 1 amide bonds. The first-order valence-corrected chi connectivity index (χ1v) is 6.38. The highest BCUT2D eigenvalue weighted by Gasteiger charge is 2.29. The summed E-state index contributed by atoms with van der Waals surface area (Å²) < 4.78 is 12.9. The Kier molecular flexibility index (Phi) is 4.19. The van der Waals surface area contributed by atoms with Gasteiger partial charge in [-0.1, -0.05) is 11.6 Å². The van der Waals surface area contributed by atoms with E-state index in [0.717, 1.165) is 25.3 Å². The summed E-state index contributed by atoms with van der Waals surface area (Å²) in [5, 5.41) is 9.14. The fourth-order valence-electron chi connectivity index (χ4n) is 2.07. The molecule has 0 aliphatic heterocycles. The van der Waals surface area contributed by atoms with E-state index in [1.807, 2.05) is 0 Å². The van der Waals surface area contributed by atoms with Gasteiger partial charge in [0.05, 0.1) is 17.2 Å². The molecule has 0 radical (unpaired) electrons. The number of halogens is 2. The number of aliphatic hydroxyl groups excluding tert-OH is 1. The molecule has 0 bridgehead atoms. The highest BCUT2D eigenvalue weighted by molar-refractivity contribution is 6.33. The van der Waals surface area contributed by atoms with E-state index in [1.165, 1.54) is 12.1 Å². The van der Waals surface area contributed by atoms with E-state index >= 15 is 0 Å². The minimum atomic E-state index is -0.464. The van der Waals surface area contributed by atoms with E-state index in [-0.39, 0.29) is 30.1 Å². The number of amides is 1. The number of hydrogen-bond donors (Lipinski definition) is 1. The van der Waals surface area contributed by atoms with Crippen molar-refractivity contribution in [3.05, 3.63) is 34.6 Å². The lowest BCUT2D eigenvalue weighted by Crippen LogP contribution is -2.45. The fraction of sp³-hybridized carbons (Fsp3) is 0.462. The molecule has 1 fully saturated rings. The normalized spacial score (nSPS) is 15.3. The molecule has 98 valence electrons. The summed E-state index contributed by atoms with van der Waals surface area (Å²) in [6.07, 6.45) is 2.99. The third-order valence-electron chi connectivity index (χ3n) is 3.28. The van der Waals surface area contributed by atoms with Crippen molar-refractivity contribution in [1.82, 2.24) is 4.90 Å². The zero-order valence-corrected chi connectivity index (χ0v) is 10.7. The van der Waals surface area contributed by atoms with Gasteiger partial charge in [-0.05, 0) is 37.5 Å². The van der Waals surface area contributed by atoms with Gasteiger partial charge in [0.2, 0.25) is 0 Å². The maximum atomic E-state index is 12.9. The van der Waals surface area contributed by atoms with Crippen LogP contribution in [0.3, 0.4) is 0 Å². The summed E-state index contributed by atoms with van der Waals surface area (Å²) >= 11 is 5.88. The number of benzene rings is 1. The summed E-state index contributed by atoms with van der Waals surface area (Å²) in [6.45, 7) is 0.207. The van der Waals surface area contributed by atoms with Crippen molar-refractivity contribution >= 4 is 17.5 Å². The molecule has 1 aromatic carbocycles. The van der Waals surface area contributed by atoms with Crippen molar-refractivity contribution in [2.45, 2.75) is 25.3 Å². The monoisotopic (exact) mass is 271 g/mol. The zero-order chi connectivity index (χ0) is 13.1. The van der Waals surface area contributed by atoms with Crippen LogP contribution in [0.1, 0.15) is 29.6 Å². The Labute approximate surface area is 110 Å². The lowest BCUT2D eigenvalue weighted by atomic mass is 9.91. The predicted molar refractivity (Wildman–Crippen MR) is 67.2 cm³/mol. The van der Waals surface area contributed by atoms with Crippen molar-refractivity contribution in [1.29, 1.82) is 0 Å². The molecule has 0 saturated heterocycles. The molecule has 1 aliphatic rings. The van der Waals surface area contributed by atoms with Crippen LogP contribution in [0.15, 0.2) is 18.2 Å². The van der Waals surface area contributed by atoms with Gasteiger partial charge in [0.15, 0.2) is 0 Å². The number of hydrogen-bond acceptors (Lipinski definition) is 2. The minimum Gasteiger partial charge on any atom is -0.395 e. The van der Waals surface area contributed by atoms with Crippen LogP contribution >= 0.6 is 11.6 Å². The fourth-order valence-corrected chi connectivity index (χ4v) is 2.32. The summed E-state index contributed by atoms with van der Waals surface area (Å²) in [6, 6.07) is 3.91. The lowest BCUT2D eigenvalue weighted by Gasteiger charge is -2.37. The first-order chi connectivity index (χ1) is 8.63. The van der Waals surface area contributed by atoms with E-state index in [1.54, 1.807) is 4.90 Å². The van der Waals surface area contributed by atoms with Crippen molar-refractivity contribution in [3.63, 3.8) is 0 Å². The minimum absolute atomic E-state index is 0.0823. The van der Waals surface area contributed by atoms with Crippen molar-refractivity contribution < 1.29 is 14.3 Å². The zero-order valence-electron chi connectivity index (χ0n) is 9.90. The van der Waals surface area contributed by atoms with Crippen LogP contribution in [-0.4, -0.2) is 35.1 Å². The van der Waals surface area contributed by atoms with Crippen LogP contribution in [0.5, 0.6) is 0 Å². The Morgan fingerprint density at radius 1 is 1.50 bits per heavy atom. The topological polar surface area (TPSA) is 40.5 Å². The van der Waals surface area contributed by atoms with E-state index in [2.05, 4.69) is 0 Å². The molecule has 1 N–H and O–H groups in total. The Morgan fingerprint density at radius 3 is 2.72 bits per heavy atom. The van der Waals surface area contributed by atoms with Crippen LogP contribution in [0, 0.1) is 5.82 Å². The summed E-state index contributed by atoms with van der Waals surface area (Å²) in [7, 11) is 0. The average Bonchev–Trinajstić information content (AvgIpc) is 2.25. The van der Waals surface area contributed by atoms with Gasteiger partial charge in [0.1, 0.15) is 5.82 Å². The molecule has 0 unspecified atom stereocenters. The van der Waals surface area contributed by atoms with E-state index in [9.17, 15) is 9.18 Å². The largest absolute Gasteiger partial charge is 0.395 e. The van der Waals surface area contributed by atoms with Crippen molar-refractivity contribution in [2.75, 3.05) is 13.2 Å². The smallest absolute Gasteiger partial charge is 0.255 e. The number of aliphatic hydroxyl groups is 1. The molecule has 2 rings (SSSR count). The summed E-state index contributed by atoms with van der Waals surface area (Å²) in [5.74, 6) is -0.701. The predicted octanol–water partition coefficient (Wildman–Crippen LogP) is 2.47. The van der Waals surface area contributed by atoms with Gasteiger partial charge in [0, 0.05) is 12.6 Å². The first-order valence-electron chi connectivity index (χ1n) is 6.00. The molecule has 0 aromatic heterocycles. The molecule has 5 heteroatoms. The van der Waals surface area contributed by atoms with Crippen LogP contribution < -0.4 is 0 Å². The molecule has 0 atom stereocenters. The van der Waals surface area contributed by atoms with E-state index < -0.39 is 5.82 Å². The van der Waals surface area contributed by atoms with Crippen molar-refractivity contribution in [2.24, 2.45) is 0 Å². The lowest BCUT2D eigenvalue weighted by molar-refractivity contribution is 0.0526. The van der Waals surface area contributed by atoms with Gasteiger partial charge in [-0.25, -0.2) is 4.39 Å². The highest BCUT2D eigenvalue weighted by Crippen LogP contribution is 2.27. The molecule has 3 nitrogen and oxygen atoms in total. The molecular formula is C13H15ClFNO2. The molecule has 1 aliphatic carbocycles. The van der Waals surface area contributed by atoms with Gasteiger partial charge >= 0.3 is 0 Å². The second kappa shape index (κ2) is 5.67. The van der Waals surface area contributed by atoms with E-state index in [0.29, 0.717) is 5.56 Å². The van der Waals surface area contributed by atoms with Crippen LogP contribution in [0.25, 0.3) is 0 Å². The number of carbonyl (C=O) groups is 1. The molecule has 0 heterocycles. The second-order valence-electron chi connectivity index (χ2n) is 4.43. The number of carbonyl (C=O) groups excluding carboxylic acids is 1. The maximum absolute atomic E-state index is 12.9. The van der Waals surface area contributed by atoms with Crippen LogP contribution in [0.2, 0.25) is 5.02 Å². The summed E-state index contributed by atoms with van der Waals surface area (Å²) in [4.78, 5) is 13.9. The van der Waals surface area contributed by atoms with E-state index in [4.69, 9.17) is 16.7 Å². The Hall–Kier alpha value is -1.13. The Morgan fingerprint density at radius 2 is 2.22 bits per heavy atom. The maximum Gasteiger partial charge on any atom is 0.255 e. The van der Waals surface area contributed by atoms with Gasteiger partial charge < -0.3 is 10.0 Å². The van der Waals surface area contributed by atoms with Gasteiger partial charge in [0.25, 0.3) is 5.91 Å². The molecule has 0 spiro atoms. The van der Waals surface area contributed by atoms with Gasteiger partial charge in [-0.15, -0.1) is 0 Å². The molecule has 18 heavy (non-hydrogen) atoms. The quantitative estimate of drug-likeness (QED) is 0.914. The Balaban J connectivity index is 2.21. The molecule has 1 aromatic rings. The Bertz CT molecular complexity index is 449. The average molecular weight is 272 g/mol. The van der Waals surface area contributed by atoms with Gasteiger partial charge in [-0.3, -0.25) is 4.79 Å². The number of rotatable bonds is 4. The molecule has 1 saturated carbocycles. The third kappa shape index (κ3) is 2.65. The van der Waals surface area contributed by atoms with Crippen molar-refractivity contribution in [3.8, 4) is 0 Å². The van der Waals surface area contributed by atoms with Crippen LogP contribution in [0.4, 0.5) is 4.39 Å². The van der Waals surface area contributed by atoms with Gasteiger partial charge in [-0.2, -0.15) is 0 Å². The highest BCUT2D eigenvalue weighted by atomic mass is 35.5. The second-order valence-corrected chi connectivity index (χ2v) is 4.84. The summed E-state index contributed by atoms with van der Waals surface area (Å²) in [5.41, 5.74) is 0.290. The van der Waals surface area contributed by atoms with Crippen LogP contribution in [-0.2, 0) is 0 Å².